The lowest BCUT2D eigenvalue weighted by Crippen LogP contribution is -2.12. The van der Waals surface area contributed by atoms with Crippen molar-refractivity contribution in [2.24, 2.45) is 0 Å². The van der Waals surface area contributed by atoms with Crippen molar-refractivity contribution in [3.63, 3.8) is 0 Å². The van der Waals surface area contributed by atoms with Crippen LogP contribution in [-0.2, 0) is 13.8 Å². The monoisotopic (exact) mass is 343 g/mol. The van der Waals surface area contributed by atoms with Crippen LogP contribution in [0.25, 0.3) is 0 Å². The van der Waals surface area contributed by atoms with E-state index in [1.807, 2.05) is 0 Å². The fourth-order valence-electron chi connectivity index (χ4n) is 1.23. The van der Waals surface area contributed by atoms with Gasteiger partial charge >= 0.3 is 5.69 Å². The summed E-state index contributed by atoms with van der Waals surface area (Å²) in [6.45, 7) is 0.0366. The van der Waals surface area contributed by atoms with Crippen LogP contribution >= 0.6 is 22.3 Å². The number of nitrogens with zero attached hydrogens (tertiary/aromatic N) is 1. The smallest absolute Gasteiger partial charge is 0.312 e. The highest BCUT2D eigenvalue weighted by atomic mass is 35.7. The van der Waals surface area contributed by atoms with Crippen molar-refractivity contribution < 1.29 is 22.8 Å². The van der Waals surface area contributed by atoms with E-state index in [2.05, 4.69) is 0 Å². The number of nitro groups is 1. The number of hydrogen-bond donors (Lipinski definition) is 0. The molecular weight excluding hydrogens is 333 g/mol. The van der Waals surface area contributed by atoms with Gasteiger partial charge in [-0.05, 0) is 12.1 Å². The van der Waals surface area contributed by atoms with Gasteiger partial charge < -0.3 is 9.47 Å². The van der Waals surface area contributed by atoms with Crippen molar-refractivity contribution in [3.05, 3.63) is 33.3 Å². The maximum Gasteiger partial charge on any atom is 0.312 e. The molecule has 0 heterocycles. The van der Waals surface area contributed by atoms with E-state index in [4.69, 9.17) is 31.8 Å². The summed E-state index contributed by atoms with van der Waals surface area (Å²) in [5.74, 6) is -0.247. The van der Waals surface area contributed by atoms with Crippen LogP contribution in [0.3, 0.4) is 0 Å². The normalized spacial score (nSPS) is 11.3. The Balaban J connectivity index is 2.41. The summed E-state index contributed by atoms with van der Waals surface area (Å²) in [6.07, 6.45) is 0. The van der Waals surface area contributed by atoms with Crippen LogP contribution in [-0.4, -0.2) is 38.9 Å². The molecule has 0 bridgehead atoms. The molecule has 0 amide bonds. The molecule has 0 aliphatic rings. The van der Waals surface area contributed by atoms with E-state index in [1.54, 1.807) is 0 Å². The van der Waals surface area contributed by atoms with Crippen molar-refractivity contribution in [1.29, 1.82) is 0 Å². The van der Waals surface area contributed by atoms with E-state index in [-0.39, 0.29) is 42.0 Å². The maximum absolute atomic E-state index is 10.8. The van der Waals surface area contributed by atoms with Crippen LogP contribution in [0.2, 0.25) is 5.02 Å². The summed E-state index contributed by atoms with van der Waals surface area (Å²) < 4.78 is 31.4. The standard InChI is InChI=1S/C10H11Cl2NO6S/c11-8-1-2-10(9(7-8)13(14)15)19-4-3-18-5-6-20(12,16)17/h1-2,7H,3-6H2. The topological polar surface area (TPSA) is 95.7 Å². The second-order valence-electron chi connectivity index (χ2n) is 3.57. The first kappa shape index (κ1) is 17.0. The van der Waals surface area contributed by atoms with Gasteiger partial charge in [-0.1, -0.05) is 11.6 Å². The van der Waals surface area contributed by atoms with E-state index >= 15 is 0 Å². The van der Waals surface area contributed by atoms with Gasteiger partial charge in [0.05, 0.1) is 23.9 Å². The van der Waals surface area contributed by atoms with Crippen molar-refractivity contribution in [2.45, 2.75) is 0 Å². The van der Waals surface area contributed by atoms with Gasteiger partial charge in [0.15, 0.2) is 5.75 Å². The zero-order valence-electron chi connectivity index (χ0n) is 10.1. The van der Waals surface area contributed by atoms with Gasteiger partial charge in [0.2, 0.25) is 9.05 Å². The average molecular weight is 344 g/mol. The number of benzene rings is 1. The molecule has 1 aromatic rings. The third kappa shape index (κ3) is 6.38. The Morgan fingerprint density at radius 2 is 1.95 bits per heavy atom. The molecule has 0 N–H and O–H groups in total. The number of ether oxygens (including phenoxy) is 2. The molecule has 0 aliphatic carbocycles. The van der Waals surface area contributed by atoms with E-state index in [0.717, 1.165) is 0 Å². The predicted octanol–water partition coefficient (Wildman–Crippen LogP) is 2.21. The summed E-state index contributed by atoms with van der Waals surface area (Å²) >= 11 is 5.65. The van der Waals surface area contributed by atoms with Gasteiger partial charge in [0, 0.05) is 21.8 Å². The fourth-order valence-corrected chi connectivity index (χ4v) is 1.90. The highest BCUT2D eigenvalue weighted by Crippen LogP contribution is 2.29. The zero-order valence-corrected chi connectivity index (χ0v) is 12.4. The third-order valence-electron chi connectivity index (χ3n) is 2.07. The summed E-state index contributed by atoms with van der Waals surface area (Å²) in [4.78, 5) is 10.2. The Kier molecular flexibility index (Phi) is 6.47. The minimum Gasteiger partial charge on any atom is -0.484 e. The molecule has 1 rings (SSSR count). The van der Waals surface area contributed by atoms with Crippen LogP contribution in [0.4, 0.5) is 5.69 Å². The molecule has 112 valence electrons. The lowest BCUT2D eigenvalue weighted by atomic mass is 10.3. The third-order valence-corrected chi connectivity index (χ3v) is 3.43. The van der Waals surface area contributed by atoms with Crippen molar-refractivity contribution in [1.82, 2.24) is 0 Å². The van der Waals surface area contributed by atoms with Gasteiger partial charge in [0.1, 0.15) is 6.61 Å². The molecule has 1 aromatic carbocycles. The first-order valence-electron chi connectivity index (χ1n) is 5.36. The van der Waals surface area contributed by atoms with E-state index in [9.17, 15) is 18.5 Å². The fraction of sp³-hybridized carbons (Fsp3) is 0.400. The van der Waals surface area contributed by atoms with E-state index in [0.29, 0.717) is 0 Å². The number of rotatable bonds is 8. The lowest BCUT2D eigenvalue weighted by molar-refractivity contribution is -0.385. The van der Waals surface area contributed by atoms with Crippen molar-refractivity contribution in [3.8, 4) is 5.75 Å². The Bertz CT molecular complexity index is 577. The molecule has 0 fully saturated rings. The van der Waals surface area contributed by atoms with Crippen molar-refractivity contribution in [2.75, 3.05) is 25.6 Å². The van der Waals surface area contributed by atoms with E-state index in [1.165, 1.54) is 18.2 Å². The minimum atomic E-state index is -3.58. The molecule has 10 heteroatoms. The SMILES string of the molecule is O=[N+]([O-])c1cc(Cl)ccc1OCCOCCS(=O)(=O)Cl. The summed E-state index contributed by atoms with van der Waals surface area (Å²) in [6, 6.07) is 4.02. The Morgan fingerprint density at radius 3 is 2.55 bits per heavy atom. The van der Waals surface area contributed by atoms with Gasteiger partial charge in [0.25, 0.3) is 0 Å². The second-order valence-corrected chi connectivity index (χ2v) is 6.91. The molecule has 0 spiro atoms. The minimum absolute atomic E-state index is 0.0325. The molecule has 0 atom stereocenters. The van der Waals surface area contributed by atoms with Crippen LogP contribution in [0, 0.1) is 10.1 Å². The van der Waals surface area contributed by atoms with Gasteiger partial charge in [-0.25, -0.2) is 8.42 Å². The predicted molar refractivity (Wildman–Crippen MR) is 74.1 cm³/mol. The lowest BCUT2D eigenvalue weighted by Gasteiger charge is -2.07. The molecule has 7 nitrogen and oxygen atoms in total. The van der Waals surface area contributed by atoms with Crippen molar-refractivity contribution >= 4 is 37.0 Å². The Morgan fingerprint density at radius 1 is 1.25 bits per heavy atom. The van der Waals surface area contributed by atoms with Gasteiger partial charge in [-0.3, -0.25) is 10.1 Å². The van der Waals surface area contributed by atoms with Crippen LogP contribution in [0.15, 0.2) is 18.2 Å². The van der Waals surface area contributed by atoms with Gasteiger partial charge in [-0.2, -0.15) is 0 Å². The zero-order chi connectivity index (χ0) is 15.2. The van der Waals surface area contributed by atoms with Crippen LogP contribution in [0.5, 0.6) is 5.75 Å². The molecule has 0 saturated carbocycles. The molecule has 0 radical (unpaired) electrons. The largest absolute Gasteiger partial charge is 0.484 e. The number of hydrogen-bond acceptors (Lipinski definition) is 6. The van der Waals surface area contributed by atoms with Gasteiger partial charge in [-0.15, -0.1) is 0 Å². The summed E-state index contributed by atoms with van der Waals surface area (Å²) in [5, 5.41) is 11.0. The summed E-state index contributed by atoms with van der Waals surface area (Å²) in [7, 11) is 1.40. The van der Waals surface area contributed by atoms with Crippen LogP contribution in [0.1, 0.15) is 0 Å². The molecule has 0 unspecified atom stereocenters. The highest BCUT2D eigenvalue weighted by Gasteiger charge is 2.15. The second kappa shape index (κ2) is 7.63. The Hall–Kier alpha value is -1.09. The number of halogens is 2. The Labute approximate surface area is 125 Å². The maximum atomic E-state index is 10.8. The molecule has 0 aliphatic heterocycles. The number of nitro benzene ring substituents is 1. The summed E-state index contributed by atoms with van der Waals surface area (Å²) in [5.41, 5.74) is -0.249. The first-order valence-corrected chi connectivity index (χ1v) is 8.22. The molecule has 0 aromatic heterocycles. The molecule has 20 heavy (non-hydrogen) atoms. The highest BCUT2D eigenvalue weighted by molar-refractivity contribution is 8.13. The first-order chi connectivity index (χ1) is 9.29. The molecule has 0 saturated heterocycles. The van der Waals surface area contributed by atoms with E-state index < -0.39 is 14.0 Å². The van der Waals surface area contributed by atoms with Crippen LogP contribution < -0.4 is 4.74 Å². The quantitative estimate of drug-likeness (QED) is 0.310. The average Bonchev–Trinajstić information content (AvgIpc) is 2.33. The molecular formula is C10H11Cl2NO6S.